The van der Waals surface area contributed by atoms with Crippen LogP contribution in [0.4, 0.5) is 13.2 Å². The first-order valence-electron chi connectivity index (χ1n) is 12.2. The number of hydrogen-bond donors (Lipinski definition) is 0. The summed E-state index contributed by atoms with van der Waals surface area (Å²) in [6.45, 7) is 1.44. The average Bonchev–Trinajstić information content (AvgIpc) is 2.96. The Morgan fingerprint density at radius 1 is 0.829 bits per heavy atom. The van der Waals surface area contributed by atoms with E-state index in [0.717, 1.165) is 17.2 Å². The third-order valence-corrected chi connectivity index (χ3v) is 6.19. The average molecular weight is 581 g/mol. The molecule has 0 bridgehead atoms. The number of benzene rings is 4. The van der Waals surface area contributed by atoms with E-state index in [2.05, 4.69) is 0 Å². The topological polar surface area (TPSA) is 75.0 Å². The van der Waals surface area contributed by atoms with E-state index >= 15 is 0 Å². The summed E-state index contributed by atoms with van der Waals surface area (Å²) in [4.78, 5) is 25.7. The molecule has 1 aromatic heterocycles. The lowest BCUT2D eigenvalue weighted by Gasteiger charge is -2.15. The van der Waals surface area contributed by atoms with Crippen LogP contribution in [-0.4, -0.2) is 12.1 Å². The molecule has 0 aliphatic carbocycles. The summed E-state index contributed by atoms with van der Waals surface area (Å²) in [5, 5.41) is 0.289. The highest BCUT2D eigenvalue weighted by molar-refractivity contribution is 6.30. The molecule has 0 spiro atoms. The van der Waals surface area contributed by atoms with Crippen molar-refractivity contribution in [3.8, 4) is 34.1 Å². The van der Waals surface area contributed by atoms with Gasteiger partial charge >= 0.3 is 12.1 Å². The van der Waals surface area contributed by atoms with Gasteiger partial charge in [0, 0.05) is 11.1 Å². The molecule has 0 saturated heterocycles. The zero-order chi connectivity index (χ0) is 29.1. The van der Waals surface area contributed by atoms with Crippen molar-refractivity contribution in [2.75, 3.05) is 0 Å². The SMILES string of the molecule is CC(Oc1ccc(Cl)cc1)C(=O)Oc1ccc2c(=O)c(Oc3ccc(-c4ccccc4)cc3)c(C(F)(F)F)oc2c1. The van der Waals surface area contributed by atoms with Crippen LogP contribution in [0, 0.1) is 0 Å². The lowest BCUT2D eigenvalue weighted by Crippen LogP contribution is -2.28. The molecule has 0 amide bonds. The molecule has 4 aromatic carbocycles. The Balaban J connectivity index is 1.41. The second-order valence-electron chi connectivity index (χ2n) is 8.87. The summed E-state index contributed by atoms with van der Waals surface area (Å²) in [6.07, 6.45) is -6.12. The Kier molecular flexibility index (Phi) is 7.72. The van der Waals surface area contributed by atoms with Crippen LogP contribution in [0.25, 0.3) is 22.1 Å². The van der Waals surface area contributed by atoms with Crippen LogP contribution in [0.15, 0.2) is 106 Å². The molecule has 10 heteroatoms. The second kappa shape index (κ2) is 11.4. The van der Waals surface area contributed by atoms with E-state index in [9.17, 15) is 22.8 Å². The highest BCUT2D eigenvalue weighted by atomic mass is 35.5. The Bertz CT molecular complexity index is 1750. The van der Waals surface area contributed by atoms with Gasteiger partial charge in [0.05, 0.1) is 5.39 Å². The van der Waals surface area contributed by atoms with Gasteiger partial charge in [-0.25, -0.2) is 4.79 Å². The van der Waals surface area contributed by atoms with E-state index in [1.807, 2.05) is 30.3 Å². The number of halogens is 4. The number of ether oxygens (including phenoxy) is 3. The molecular weight excluding hydrogens is 561 g/mol. The summed E-state index contributed by atoms with van der Waals surface area (Å²) >= 11 is 5.84. The Labute approximate surface area is 236 Å². The predicted octanol–water partition coefficient (Wildman–Crippen LogP) is 8.30. The Morgan fingerprint density at radius 2 is 1.44 bits per heavy atom. The van der Waals surface area contributed by atoms with Gasteiger partial charge in [-0.3, -0.25) is 4.79 Å². The highest BCUT2D eigenvalue weighted by Gasteiger charge is 2.40. The first-order valence-corrected chi connectivity index (χ1v) is 12.6. The molecule has 41 heavy (non-hydrogen) atoms. The van der Waals surface area contributed by atoms with E-state index in [0.29, 0.717) is 10.8 Å². The van der Waals surface area contributed by atoms with Crippen molar-refractivity contribution in [3.05, 3.63) is 118 Å². The standard InChI is InChI=1S/C31H20ClF3O6/c1-18(38-22-13-9-21(32)10-14-22)30(37)40-24-15-16-25-26(17-24)41-29(31(33,34)35)28(27(25)36)39-23-11-7-20(8-12-23)19-5-3-2-4-6-19/h2-18H,1H3. The van der Waals surface area contributed by atoms with Crippen molar-refractivity contribution >= 4 is 28.5 Å². The van der Waals surface area contributed by atoms with Gasteiger partial charge in [-0.05, 0) is 66.6 Å². The minimum absolute atomic E-state index is 0.0158. The normalized spacial score (nSPS) is 12.1. The molecule has 1 heterocycles. The highest BCUT2D eigenvalue weighted by Crippen LogP contribution is 2.39. The fraction of sp³-hybridized carbons (Fsp3) is 0.0968. The van der Waals surface area contributed by atoms with Gasteiger partial charge in [0.2, 0.25) is 11.2 Å². The van der Waals surface area contributed by atoms with Crippen molar-refractivity contribution in [1.29, 1.82) is 0 Å². The van der Waals surface area contributed by atoms with E-state index in [1.165, 1.54) is 31.2 Å². The molecule has 1 unspecified atom stereocenters. The molecule has 0 radical (unpaired) electrons. The van der Waals surface area contributed by atoms with Crippen LogP contribution < -0.4 is 19.6 Å². The van der Waals surface area contributed by atoms with E-state index in [1.54, 1.807) is 36.4 Å². The monoisotopic (exact) mass is 580 g/mol. The fourth-order valence-corrected chi connectivity index (χ4v) is 4.05. The predicted molar refractivity (Wildman–Crippen MR) is 147 cm³/mol. The van der Waals surface area contributed by atoms with Crippen molar-refractivity contribution in [1.82, 2.24) is 0 Å². The maximum Gasteiger partial charge on any atom is 0.453 e. The lowest BCUT2D eigenvalue weighted by molar-refractivity contribution is -0.154. The molecule has 5 rings (SSSR count). The van der Waals surface area contributed by atoms with Gasteiger partial charge < -0.3 is 18.6 Å². The summed E-state index contributed by atoms with van der Waals surface area (Å²) in [5.74, 6) is -3.22. The van der Waals surface area contributed by atoms with Gasteiger partial charge in [-0.15, -0.1) is 0 Å². The van der Waals surface area contributed by atoms with Crippen LogP contribution in [0.3, 0.4) is 0 Å². The third-order valence-electron chi connectivity index (χ3n) is 5.94. The van der Waals surface area contributed by atoms with Gasteiger partial charge in [-0.2, -0.15) is 13.2 Å². The smallest absolute Gasteiger partial charge is 0.453 e. The molecule has 0 aliphatic rings. The molecule has 0 saturated carbocycles. The zero-order valence-corrected chi connectivity index (χ0v) is 22.0. The van der Waals surface area contributed by atoms with E-state index < -0.39 is 40.8 Å². The summed E-state index contributed by atoms with van der Waals surface area (Å²) in [7, 11) is 0. The van der Waals surface area contributed by atoms with Gasteiger partial charge in [0.1, 0.15) is 22.8 Å². The third kappa shape index (κ3) is 6.36. The largest absolute Gasteiger partial charge is 0.479 e. The van der Waals surface area contributed by atoms with Crippen molar-refractivity contribution in [3.63, 3.8) is 0 Å². The molecule has 1 atom stereocenters. The second-order valence-corrected chi connectivity index (χ2v) is 9.31. The number of alkyl halides is 3. The van der Waals surface area contributed by atoms with Gasteiger partial charge in [0.15, 0.2) is 6.10 Å². The van der Waals surface area contributed by atoms with Crippen LogP contribution in [0.1, 0.15) is 12.7 Å². The summed E-state index contributed by atoms with van der Waals surface area (Å²) < 4.78 is 63.2. The van der Waals surface area contributed by atoms with Crippen molar-refractivity contribution in [2.24, 2.45) is 0 Å². The van der Waals surface area contributed by atoms with Crippen molar-refractivity contribution in [2.45, 2.75) is 19.2 Å². The number of carbonyl (C=O) groups excluding carboxylic acids is 1. The minimum Gasteiger partial charge on any atom is -0.479 e. The van der Waals surface area contributed by atoms with E-state index in [4.69, 9.17) is 30.2 Å². The maximum absolute atomic E-state index is 14.0. The maximum atomic E-state index is 14.0. The Morgan fingerprint density at radius 3 is 2.10 bits per heavy atom. The van der Waals surface area contributed by atoms with Crippen LogP contribution in [0.2, 0.25) is 5.02 Å². The van der Waals surface area contributed by atoms with Crippen LogP contribution in [-0.2, 0) is 11.0 Å². The van der Waals surface area contributed by atoms with Gasteiger partial charge in [0.25, 0.3) is 5.76 Å². The quantitative estimate of drug-likeness (QED) is 0.142. The molecular formula is C31H20ClF3O6. The number of carbonyl (C=O) groups is 1. The van der Waals surface area contributed by atoms with Crippen LogP contribution in [0.5, 0.6) is 23.0 Å². The molecule has 208 valence electrons. The lowest BCUT2D eigenvalue weighted by atomic mass is 10.1. The molecule has 5 aromatic rings. The molecule has 6 nitrogen and oxygen atoms in total. The molecule has 0 aliphatic heterocycles. The summed E-state index contributed by atoms with van der Waals surface area (Å²) in [6, 6.07) is 25.4. The van der Waals surface area contributed by atoms with Crippen LogP contribution >= 0.6 is 11.6 Å². The molecule has 0 fully saturated rings. The summed E-state index contributed by atoms with van der Waals surface area (Å²) in [5.41, 5.74) is 0.242. The number of fused-ring (bicyclic) bond motifs is 1. The Hall–Kier alpha value is -4.76. The first kappa shape index (κ1) is 27.8. The van der Waals surface area contributed by atoms with Crippen molar-refractivity contribution < 1.29 is 36.6 Å². The molecule has 0 N–H and O–H groups in total. The number of rotatable bonds is 7. The fourth-order valence-electron chi connectivity index (χ4n) is 3.93. The number of hydrogen-bond acceptors (Lipinski definition) is 6. The van der Waals surface area contributed by atoms with E-state index in [-0.39, 0.29) is 16.9 Å². The van der Waals surface area contributed by atoms with Gasteiger partial charge in [-0.1, -0.05) is 54.1 Å². The zero-order valence-electron chi connectivity index (χ0n) is 21.3. The number of esters is 1. The minimum atomic E-state index is -5.06. The first-order chi connectivity index (χ1) is 19.6.